The van der Waals surface area contributed by atoms with Crippen LogP contribution in [0.15, 0.2) is 159 Å². The van der Waals surface area contributed by atoms with Gasteiger partial charge in [0, 0.05) is 66.6 Å². The average Bonchev–Trinajstić information content (AvgIpc) is 4.11. The summed E-state index contributed by atoms with van der Waals surface area (Å²) in [5.41, 5.74) is 21.5. The number of aromatic nitrogens is 1. The number of hydrogen-bond acceptors (Lipinski definition) is 4. The van der Waals surface area contributed by atoms with Gasteiger partial charge in [-0.1, -0.05) is 127 Å². The Bertz CT molecular complexity index is 4190. The van der Waals surface area contributed by atoms with Gasteiger partial charge in [0.05, 0.1) is 22.7 Å². The maximum atomic E-state index is 7.33. The lowest BCUT2D eigenvalue weighted by atomic mass is 9.43. The molecule has 328 valence electrons. The van der Waals surface area contributed by atoms with Crippen LogP contribution in [0, 0.1) is 0 Å². The molecule has 68 heavy (non-hydrogen) atoms. The smallest absolute Gasteiger partial charge is 0.333 e. The van der Waals surface area contributed by atoms with Gasteiger partial charge in [-0.3, -0.25) is 0 Å². The van der Waals surface area contributed by atoms with Crippen LogP contribution >= 0.6 is 0 Å². The molecular weight excluding hydrogens is 832 g/mol. The van der Waals surface area contributed by atoms with Crippen LogP contribution < -0.4 is 15.7 Å². The molecular formula is C62H49BN2O3. The Labute approximate surface area is 394 Å². The topological polar surface area (TPSA) is 47.6 Å². The molecule has 15 rings (SSSR count). The third-order valence-electron chi connectivity index (χ3n) is 16.4. The quantitative estimate of drug-likeness (QED) is 0.162. The van der Waals surface area contributed by atoms with Crippen molar-refractivity contribution in [1.82, 2.24) is 4.57 Å². The van der Waals surface area contributed by atoms with Crippen molar-refractivity contribution in [3.8, 4) is 27.9 Å². The van der Waals surface area contributed by atoms with Crippen molar-refractivity contribution in [1.29, 1.82) is 0 Å². The number of benzene rings is 8. The van der Waals surface area contributed by atoms with Gasteiger partial charge in [0.25, 0.3) is 0 Å². The third-order valence-corrected chi connectivity index (χ3v) is 16.4. The minimum Gasteiger partial charge on any atom is -0.464 e. The minimum atomic E-state index is -0.246. The fraction of sp³-hybridized carbons (Fsp3) is 0.194. The molecule has 0 N–H and O–H groups in total. The predicted molar refractivity (Wildman–Crippen MR) is 284 cm³/mol. The zero-order valence-corrected chi connectivity index (χ0v) is 39.5. The summed E-state index contributed by atoms with van der Waals surface area (Å²) in [5, 5.41) is 8.02. The minimum absolute atomic E-state index is 0.00644. The molecule has 0 fully saturated rings. The van der Waals surface area contributed by atoms with Crippen LogP contribution in [0.25, 0.3) is 105 Å². The monoisotopic (exact) mass is 880 g/mol. The van der Waals surface area contributed by atoms with Crippen molar-refractivity contribution in [2.45, 2.75) is 77.6 Å². The van der Waals surface area contributed by atoms with Gasteiger partial charge < -0.3 is 22.6 Å². The van der Waals surface area contributed by atoms with Crippen LogP contribution in [0.3, 0.4) is 0 Å². The Morgan fingerprint density at radius 1 is 0.559 bits per heavy atom. The Hall–Kier alpha value is -7.44. The number of fused-ring (bicyclic) bond motifs is 18. The first-order valence-corrected chi connectivity index (χ1v) is 24.3. The van der Waals surface area contributed by atoms with E-state index in [9.17, 15) is 0 Å². The summed E-state index contributed by atoms with van der Waals surface area (Å²) in [5.74, 6) is 0. The normalized spacial score (nSPS) is 15.9. The van der Waals surface area contributed by atoms with E-state index in [4.69, 9.17) is 13.3 Å². The standard InChI is InChI=1S/C62H49BN2O3/c1-60(2,3)35-21-23-36(24-22-35)65-48-32-53-39(37-17-11-13-19-50(37)67-53)27-41(48)54-55-38-18-12-14-20-51(38)68-59(55)56-42-28-44-45(62(6,7)26-25-61(44,4)5)30-47(42)64-49-29-40-43(34-15-9-8-10-16-34)33-66-52(40)31-46(49)63(65)57(54)58(56)64/h8-24,27-33H,25-26H2,1-7H3. The summed E-state index contributed by atoms with van der Waals surface area (Å²) in [6, 6.07) is 51.7. The summed E-state index contributed by atoms with van der Waals surface area (Å²) >= 11 is 0. The highest BCUT2D eigenvalue weighted by Crippen LogP contribution is 2.55. The zero-order valence-electron chi connectivity index (χ0n) is 39.5. The molecule has 4 aromatic heterocycles. The highest BCUT2D eigenvalue weighted by Gasteiger charge is 2.47. The molecule has 3 aliphatic rings. The van der Waals surface area contributed by atoms with E-state index in [-0.39, 0.29) is 23.1 Å². The van der Waals surface area contributed by atoms with Crippen LogP contribution in [-0.4, -0.2) is 11.4 Å². The number of para-hydroxylation sites is 2. The predicted octanol–water partition coefficient (Wildman–Crippen LogP) is 15.9. The molecule has 0 radical (unpaired) electrons. The SMILES string of the molecule is CC(C)(C)c1ccc(N2B3c4cc5occ(-c6ccccc6)c5cc4-n4c5cc6c(cc5c5c7oc8ccccc8c7c(c3c54)-c3cc4c(cc32)oc2ccccc24)C(C)(C)CCC6(C)C)cc1. The first-order chi connectivity index (χ1) is 32.8. The Morgan fingerprint density at radius 2 is 1.25 bits per heavy atom. The molecule has 6 heterocycles. The van der Waals surface area contributed by atoms with E-state index in [0.717, 1.165) is 95.9 Å². The molecule has 1 aliphatic carbocycles. The summed E-state index contributed by atoms with van der Waals surface area (Å²) in [7, 11) is 0. The fourth-order valence-electron chi connectivity index (χ4n) is 12.8. The van der Waals surface area contributed by atoms with Gasteiger partial charge in [0.1, 0.15) is 27.9 Å². The average molecular weight is 881 g/mol. The molecule has 0 saturated heterocycles. The fourth-order valence-corrected chi connectivity index (χ4v) is 12.8. The molecule has 5 nitrogen and oxygen atoms in total. The van der Waals surface area contributed by atoms with Gasteiger partial charge >= 0.3 is 6.85 Å². The molecule has 0 bridgehead atoms. The van der Waals surface area contributed by atoms with Gasteiger partial charge in [0.15, 0.2) is 0 Å². The van der Waals surface area contributed by atoms with Crippen molar-refractivity contribution in [3.63, 3.8) is 0 Å². The summed E-state index contributed by atoms with van der Waals surface area (Å²) < 4.78 is 23.4. The highest BCUT2D eigenvalue weighted by molar-refractivity contribution is 6.94. The van der Waals surface area contributed by atoms with Crippen LogP contribution in [-0.2, 0) is 16.2 Å². The van der Waals surface area contributed by atoms with Crippen LogP contribution in [0.4, 0.5) is 11.4 Å². The number of rotatable bonds is 2. The molecule has 0 unspecified atom stereocenters. The Balaban J connectivity index is 1.19. The van der Waals surface area contributed by atoms with Crippen molar-refractivity contribution < 1.29 is 13.3 Å². The van der Waals surface area contributed by atoms with Crippen molar-refractivity contribution in [3.05, 3.63) is 162 Å². The molecule has 6 heteroatoms. The second-order valence-corrected chi connectivity index (χ2v) is 22.3. The molecule has 0 amide bonds. The van der Waals surface area contributed by atoms with E-state index in [2.05, 4.69) is 197 Å². The summed E-state index contributed by atoms with van der Waals surface area (Å²) in [4.78, 5) is 2.61. The lowest BCUT2D eigenvalue weighted by Crippen LogP contribution is -2.60. The lowest BCUT2D eigenvalue weighted by molar-refractivity contribution is 0.332. The lowest BCUT2D eigenvalue weighted by Gasteiger charge is -2.42. The molecule has 2 aliphatic heterocycles. The van der Waals surface area contributed by atoms with E-state index in [0.29, 0.717) is 0 Å². The maximum absolute atomic E-state index is 7.33. The molecule has 12 aromatic rings. The van der Waals surface area contributed by atoms with E-state index < -0.39 is 0 Å². The third kappa shape index (κ3) is 4.92. The summed E-state index contributed by atoms with van der Waals surface area (Å²) in [6.07, 6.45) is 4.22. The first-order valence-electron chi connectivity index (χ1n) is 24.3. The summed E-state index contributed by atoms with van der Waals surface area (Å²) in [6.45, 7) is 16.4. The van der Waals surface area contributed by atoms with Gasteiger partial charge in [-0.2, -0.15) is 0 Å². The molecule has 0 atom stereocenters. The van der Waals surface area contributed by atoms with Crippen LogP contribution in [0.5, 0.6) is 0 Å². The maximum Gasteiger partial charge on any atom is 0.333 e. The van der Waals surface area contributed by atoms with E-state index >= 15 is 0 Å². The van der Waals surface area contributed by atoms with Gasteiger partial charge in [-0.05, 0) is 122 Å². The first kappa shape index (κ1) is 38.6. The van der Waals surface area contributed by atoms with E-state index in [1.807, 2.05) is 6.26 Å². The van der Waals surface area contributed by atoms with Crippen LogP contribution in [0.1, 0.15) is 78.0 Å². The molecule has 0 spiro atoms. The van der Waals surface area contributed by atoms with E-state index in [1.165, 1.54) is 60.5 Å². The van der Waals surface area contributed by atoms with Crippen LogP contribution in [0.2, 0.25) is 0 Å². The van der Waals surface area contributed by atoms with Gasteiger partial charge in [-0.25, -0.2) is 0 Å². The Kier molecular flexibility index (Phi) is 7.25. The molecule has 8 aromatic carbocycles. The van der Waals surface area contributed by atoms with E-state index in [1.54, 1.807) is 0 Å². The number of furan rings is 3. The number of anilines is 2. The van der Waals surface area contributed by atoms with Crippen molar-refractivity contribution >= 4 is 106 Å². The number of hydrogen-bond donors (Lipinski definition) is 0. The van der Waals surface area contributed by atoms with Crippen molar-refractivity contribution in [2.24, 2.45) is 0 Å². The second kappa shape index (κ2) is 12.8. The zero-order chi connectivity index (χ0) is 45.7. The van der Waals surface area contributed by atoms with Gasteiger partial charge in [0.2, 0.25) is 0 Å². The number of nitrogens with zero attached hydrogens (tertiary/aromatic N) is 2. The molecule has 0 saturated carbocycles. The van der Waals surface area contributed by atoms with Crippen molar-refractivity contribution in [2.75, 3.05) is 4.81 Å². The van der Waals surface area contributed by atoms with Gasteiger partial charge in [-0.15, -0.1) is 0 Å². The second-order valence-electron chi connectivity index (χ2n) is 22.3. The Morgan fingerprint density at radius 3 is 2.00 bits per heavy atom. The highest BCUT2D eigenvalue weighted by atomic mass is 16.3. The largest absolute Gasteiger partial charge is 0.464 e.